The number of sulfonamides is 1. The lowest BCUT2D eigenvalue weighted by atomic mass is 9.90. The molecule has 9 heteroatoms. The lowest BCUT2D eigenvalue weighted by Crippen LogP contribution is -2.57. The van der Waals surface area contributed by atoms with Gasteiger partial charge in [-0.25, -0.2) is 12.8 Å². The van der Waals surface area contributed by atoms with Crippen LogP contribution in [0.15, 0.2) is 77.7 Å². The highest BCUT2D eigenvalue weighted by molar-refractivity contribution is 7.89. The summed E-state index contributed by atoms with van der Waals surface area (Å²) in [7, 11) is -4.00. The van der Waals surface area contributed by atoms with Crippen molar-refractivity contribution in [3.05, 3.63) is 84.2 Å². The van der Waals surface area contributed by atoms with Crippen molar-refractivity contribution >= 4 is 16.0 Å². The highest BCUT2D eigenvalue weighted by Crippen LogP contribution is 2.27. The molecule has 7 nitrogen and oxygen atoms in total. The second-order valence-corrected chi connectivity index (χ2v) is 12.6. The van der Waals surface area contributed by atoms with Crippen LogP contribution in [0.4, 0.5) is 4.39 Å². The Morgan fingerprint density at radius 1 is 0.875 bits per heavy atom. The summed E-state index contributed by atoms with van der Waals surface area (Å²) in [4.78, 5) is 14.2. The minimum absolute atomic E-state index is 0.0635. The first-order valence-electron chi connectivity index (χ1n) is 13.8. The minimum Gasteiger partial charge on any atom is -0.493 e. The number of aliphatic carboxylic acids is 1. The van der Waals surface area contributed by atoms with E-state index in [-0.39, 0.29) is 23.8 Å². The first kappa shape index (κ1) is 28.3. The zero-order valence-corrected chi connectivity index (χ0v) is 23.2. The van der Waals surface area contributed by atoms with E-state index in [0.29, 0.717) is 31.4 Å². The van der Waals surface area contributed by atoms with Gasteiger partial charge in [0.15, 0.2) is 0 Å². The standard InChI is InChI=1S/C31H35FN2O5S/c32-27-12-10-26(11-13-27)25-8-6-23(7-9-25)20-33-18-19-34(30(21-33)31(35)36)40(37,38)29-16-14-28(15-17-29)39-22-24-4-2-1-3-5-24/h6-17,24,30H,1-5,18-22H2,(H,35,36)/t30-/m0/s1. The van der Waals surface area contributed by atoms with Crippen molar-refractivity contribution in [2.24, 2.45) is 5.92 Å². The molecule has 1 aliphatic carbocycles. The first-order chi connectivity index (χ1) is 19.3. The summed E-state index contributed by atoms with van der Waals surface area (Å²) in [5.41, 5.74) is 2.84. The Morgan fingerprint density at radius 3 is 2.12 bits per heavy atom. The van der Waals surface area contributed by atoms with Gasteiger partial charge in [0.25, 0.3) is 0 Å². The SMILES string of the molecule is O=C(O)[C@@H]1CN(Cc2ccc(-c3ccc(F)cc3)cc2)CCN1S(=O)(=O)c1ccc(OCC2CCCCC2)cc1. The molecule has 1 N–H and O–H groups in total. The maximum Gasteiger partial charge on any atom is 0.323 e. The Morgan fingerprint density at radius 2 is 1.50 bits per heavy atom. The summed E-state index contributed by atoms with van der Waals surface area (Å²) in [5, 5.41) is 9.94. The van der Waals surface area contributed by atoms with Gasteiger partial charge in [0.1, 0.15) is 17.6 Å². The molecule has 1 atom stereocenters. The van der Waals surface area contributed by atoms with E-state index in [9.17, 15) is 22.7 Å². The largest absolute Gasteiger partial charge is 0.493 e. The van der Waals surface area contributed by atoms with Crippen LogP contribution >= 0.6 is 0 Å². The van der Waals surface area contributed by atoms with Crippen LogP contribution in [0.3, 0.4) is 0 Å². The normalized spacial score (nSPS) is 19.4. The molecule has 2 aliphatic rings. The van der Waals surface area contributed by atoms with E-state index in [1.807, 2.05) is 29.2 Å². The number of carboxylic acid groups (broad SMARTS) is 1. The van der Waals surface area contributed by atoms with Crippen LogP contribution < -0.4 is 4.74 Å². The number of carbonyl (C=O) groups is 1. The number of hydrogen-bond donors (Lipinski definition) is 1. The number of hydrogen-bond acceptors (Lipinski definition) is 5. The van der Waals surface area contributed by atoms with Gasteiger partial charge in [0, 0.05) is 26.2 Å². The Balaban J connectivity index is 1.21. The molecule has 1 saturated carbocycles. The van der Waals surface area contributed by atoms with Crippen LogP contribution in [0.5, 0.6) is 5.75 Å². The average Bonchev–Trinajstić information content (AvgIpc) is 2.97. The van der Waals surface area contributed by atoms with Crippen LogP contribution in [0.2, 0.25) is 0 Å². The Labute approximate surface area is 235 Å². The number of halogens is 1. The molecule has 40 heavy (non-hydrogen) atoms. The van der Waals surface area contributed by atoms with Crippen molar-refractivity contribution in [3.63, 3.8) is 0 Å². The molecule has 0 spiro atoms. The molecule has 2 fully saturated rings. The predicted molar refractivity (Wildman–Crippen MR) is 151 cm³/mol. The predicted octanol–water partition coefficient (Wildman–Crippen LogP) is 5.41. The number of rotatable bonds is 9. The fourth-order valence-electron chi connectivity index (χ4n) is 5.57. The Bertz CT molecular complexity index is 1390. The molecule has 212 valence electrons. The lowest BCUT2D eigenvalue weighted by Gasteiger charge is -2.38. The van der Waals surface area contributed by atoms with Gasteiger partial charge < -0.3 is 9.84 Å². The fraction of sp³-hybridized carbons (Fsp3) is 0.387. The van der Waals surface area contributed by atoms with Gasteiger partial charge in [0.05, 0.1) is 11.5 Å². The van der Waals surface area contributed by atoms with Gasteiger partial charge in [0.2, 0.25) is 10.0 Å². The fourth-order valence-corrected chi connectivity index (χ4v) is 7.13. The van der Waals surface area contributed by atoms with E-state index in [2.05, 4.69) is 0 Å². The van der Waals surface area contributed by atoms with Crippen molar-refractivity contribution in [2.75, 3.05) is 26.2 Å². The minimum atomic E-state index is -4.00. The van der Waals surface area contributed by atoms with E-state index < -0.39 is 22.0 Å². The number of nitrogens with zero attached hydrogens (tertiary/aromatic N) is 2. The van der Waals surface area contributed by atoms with Crippen molar-refractivity contribution in [2.45, 2.75) is 49.6 Å². The maximum atomic E-state index is 13.5. The van der Waals surface area contributed by atoms with Crippen LogP contribution in [-0.2, 0) is 21.4 Å². The summed E-state index contributed by atoms with van der Waals surface area (Å²) < 4.78 is 47.1. The molecule has 3 aromatic carbocycles. The molecule has 0 aromatic heterocycles. The van der Waals surface area contributed by atoms with Crippen LogP contribution in [-0.4, -0.2) is 61.0 Å². The van der Waals surface area contributed by atoms with Gasteiger partial charge in [-0.15, -0.1) is 0 Å². The van der Waals surface area contributed by atoms with Crippen molar-refractivity contribution < 1.29 is 27.4 Å². The van der Waals surface area contributed by atoms with E-state index in [1.54, 1.807) is 24.3 Å². The van der Waals surface area contributed by atoms with Gasteiger partial charge in [-0.1, -0.05) is 55.7 Å². The van der Waals surface area contributed by atoms with Crippen molar-refractivity contribution in [1.82, 2.24) is 9.21 Å². The smallest absolute Gasteiger partial charge is 0.323 e. The second-order valence-electron chi connectivity index (χ2n) is 10.7. The number of benzene rings is 3. The number of ether oxygens (including phenoxy) is 1. The average molecular weight is 567 g/mol. The maximum absolute atomic E-state index is 13.5. The summed E-state index contributed by atoms with van der Waals surface area (Å²) in [6.07, 6.45) is 6.06. The topological polar surface area (TPSA) is 87.2 Å². The Kier molecular flexibility index (Phi) is 8.83. The number of carboxylic acids is 1. The van der Waals surface area contributed by atoms with Crippen molar-refractivity contribution in [3.8, 4) is 16.9 Å². The molecule has 1 heterocycles. The van der Waals surface area contributed by atoms with Crippen molar-refractivity contribution in [1.29, 1.82) is 0 Å². The molecule has 3 aromatic rings. The quantitative estimate of drug-likeness (QED) is 0.373. The summed E-state index contributed by atoms with van der Waals surface area (Å²) in [6.45, 7) is 1.69. The van der Waals surface area contributed by atoms with Crippen LogP contribution in [0, 0.1) is 11.7 Å². The van der Waals surface area contributed by atoms with Gasteiger partial charge in [-0.05, 0) is 71.8 Å². The van der Waals surface area contributed by atoms with E-state index in [0.717, 1.165) is 33.8 Å². The molecule has 0 unspecified atom stereocenters. The lowest BCUT2D eigenvalue weighted by molar-refractivity contribution is -0.143. The molecular weight excluding hydrogens is 531 g/mol. The first-order valence-corrected chi connectivity index (χ1v) is 15.3. The number of piperazine rings is 1. The summed E-state index contributed by atoms with van der Waals surface area (Å²) in [6, 6.07) is 19.2. The van der Waals surface area contributed by atoms with Gasteiger partial charge >= 0.3 is 5.97 Å². The third-order valence-corrected chi connectivity index (χ3v) is 9.80. The Hall–Kier alpha value is -3.27. The second kappa shape index (κ2) is 12.5. The molecule has 0 amide bonds. The molecule has 5 rings (SSSR count). The third-order valence-electron chi connectivity index (χ3n) is 7.88. The van der Waals surface area contributed by atoms with Gasteiger partial charge in [-0.3, -0.25) is 9.69 Å². The highest BCUT2D eigenvalue weighted by Gasteiger charge is 2.40. The molecule has 0 radical (unpaired) electrons. The monoisotopic (exact) mass is 566 g/mol. The third kappa shape index (κ3) is 6.71. The van der Waals surface area contributed by atoms with E-state index >= 15 is 0 Å². The zero-order chi connectivity index (χ0) is 28.1. The summed E-state index contributed by atoms with van der Waals surface area (Å²) in [5.74, 6) is -0.301. The highest BCUT2D eigenvalue weighted by atomic mass is 32.2. The molecule has 1 saturated heterocycles. The van der Waals surface area contributed by atoms with Crippen LogP contribution in [0.25, 0.3) is 11.1 Å². The van der Waals surface area contributed by atoms with Crippen LogP contribution in [0.1, 0.15) is 37.7 Å². The molecular formula is C31H35FN2O5S. The van der Waals surface area contributed by atoms with Gasteiger partial charge in [-0.2, -0.15) is 4.31 Å². The summed E-state index contributed by atoms with van der Waals surface area (Å²) >= 11 is 0. The zero-order valence-electron chi connectivity index (χ0n) is 22.4. The molecule has 0 bridgehead atoms. The van der Waals surface area contributed by atoms with E-state index in [4.69, 9.17) is 4.74 Å². The van der Waals surface area contributed by atoms with E-state index in [1.165, 1.54) is 43.5 Å². The molecule has 1 aliphatic heterocycles.